The molecule has 0 unspecified atom stereocenters. The van der Waals surface area contributed by atoms with Gasteiger partial charge in [-0.2, -0.15) is 0 Å². The molecule has 288 valence electrons. The van der Waals surface area contributed by atoms with Crippen LogP contribution in [0.25, 0.3) is 98.8 Å². The molecule has 3 nitrogen and oxygen atoms in total. The third-order valence-electron chi connectivity index (χ3n) is 13.0. The number of rotatable bonds is 5. The Kier molecular flexibility index (Phi) is 7.69. The molecule has 0 aliphatic heterocycles. The summed E-state index contributed by atoms with van der Waals surface area (Å²) >= 11 is 1.84. The van der Waals surface area contributed by atoms with E-state index in [1.54, 1.807) is 0 Å². The minimum Gasteiger partial charge on any atom is -0.208 e. The quantitative estimate of drug-likeness (QED) is 0.174. The van der Waals surface area contributed by atoms with Gasteiger partial charge < -0.3 is 0 Å². The van der Waals surface area contributed by atoms with E-state index in [1.165, 1.54) is 64.7 Å². The van der Waals surface area contributed by atoms with E-state index in [-0.39, 0.29) is 0 Å². The molecule has 0 fully saturated rings. The van der Waals surface area contributed by atoms with Gasteiger partial charge in [0.2, 0.25) is 0 Å². The number of aromatic nitrogens is 3. The van der Waals surface area contributed by atoms with Gasteiger partial charge in [0.25, 0.3) is 0 Å². The fourth-order valence-corrected chi connectivity index (χ4v) is 11.4. The van der Waals surface area contributed by atoms with E-state index in [4.69, 9.17) is 15.0 Å². The largest absolute Gasteiger partial charge is 0.208 e. The van der Waals surface area contributed by atoms with Crippen molar-refractivity contribution in [3.63, 3.8) is 0 Å². The van der Waals surface area contributed by atoms with Crippen LogP contribution in [0.15, 0.2) is 212 Å². The molecule has 0 bridgehead atoms. The van der Waals surface area contributed by atoms with Crippen molar-refractivity contribution < 1.29 is 0 Å². The molecule has 0 saturated carbocycles. The van der Waals surface area contributed by atoms with Gasteiger partial charge in [0.1, 0.15) is 0 Å². The lowest BCUT2D eigenvalue weighted by Crippen LogP contribution is -2.25. The maximum atomic E-state index is 5.31. The van der Waals surface area contributed by atoms with Crippen molar-refractivity contribution >= 4 is 31.5 Å². The summed E-state index contributed by atoms with van der Waals surface area (Å²) < 4.78 is 2.58. The highest BCUT2D eigenvalue weighted by atomic mass is 32.1. The Hall–Kier alpha value is -7.79. The van der Waals surface area contributed by atoms with Crippen molar-refractivity contribution in [2.24, 2.45) is 0 Å². The van der Waals surface area contributed by atoms with Gasteiger partial charge in [0.05, 0.1) is 5.41 Å². The van der Waals surface area contributed by atoms with Gasteiger partial charge in [-0.05, 0) is 91.0 Å². The molecule has 13 rings (SSSR count). The predicted molar refractivity (Wildman–Crippen MR) is 256 cm³/mol. The van der Waals surface area contributed by atoms with E-state index in [9.17, 15) is 0 Å². The molecular weight excluding hydrogens is 771 g/mol. The first-order valence-electron chi connectivity index (χ1n) is 21.1. The van der Waals surface area contributed by atoms with Crippen molar-refractivity contribution in [1.29, 1.82) is 0 Å². The van der Waals surface area contributed by atoms with Crippen molar-refractivity contribution in [3.8, 4) is 78.7 Å². The lowest BCUT2D eigenvalue weighted by Gasteiger charge is -2.30. The molecule has 0 atom stereocenters. The molecule has 0 amide bonds. The zero-order chi connectivity index (χ0) is 40.8. The first-order valence-corrected chi connectivity index (χ1v) is 21.9. The monoisotopic (exact) mass is 805 g/mol. The van der Waals surface area contributed by atoms with Crippen LogP contribution in [0.2, 0.25) is 0 Å². The minimum absolute atomic E-state index is 0.433. The molecule has 9 aromatic carbocycles. The molecule has 4 heteroatoms. The van der Waals surface area contributed by atoms with Gasteiger partial charge in [0.15, 0.2) is 17.5 Å². The molecule has 0 saturated heterocycles. The lowest BCUT2D eigenvalue weighted by atomic mass is 9.70. The SMILES string of the molecule is c1ccc(-c2nc(-c3cccc(-c4ccc5c(c4)sc4ccccc45)c3)nc(-c3ccccc3-c3ccc4c(c3)C3(c5ccccc5-c5ccccc53)c3ccccc3-4)n2)cc1. The lowest BCUT2D eigenvalue weighted by molar-refractivity contribution is 0.794. The Labute approximate surface area is 363 Å². The summed E-state index contributed by atoms with van der Waals surface area (Å²) in [6, 6.07) is 76.8. The number of thiophene rings is 1. The third kappa shape index (κ3) is 5.14. The van der Waals surface area contributed by atoms with Crippen LogP contribution in [-0.2, 0) is 5.41 Å². The Morgan fingerprint density at radius 2 is 0.774 bits per heavy atom. The highest BCUT2D eigenvalue weighted by Gasteiger charge is 2.51. The van der Waals surface area contributed by atoms with Crippen LogP contribution in [0.5, 0.6) is 0 Å². The highest BCUT2D eigenvalue weighted by Crippen LogP contribution is 2.63. The molecule has 2 heterocycles. The smallest absolute Gasteiger partial charge is 0.164 e. The zero-order valence-corrected chi connectivity index (χ0v) is 34.3. The summed E-state index contributed by atoms with van der Waals surface area (Å²) in [5.74, 6) is 1.91. The second-order valence-electron chi connectivity index (χ2n) is 16.3. The van der Waals surface area contributed by atoms with Crippen LogP contribution < -0.4 is 0 Å². The molecule has 0 N–H and O–H groups in total. The fraction of sp³-hybridized carbons (Fsp3) is 0.0172. The summed E-state index contributed by atoms with van der Waals surface area (Å²) in [7, 11) is 0. The Bertz CT molecular complexity index is 3540. The average Bonchev–Trinajstić information content (AvgIpc) is 3.98. The Morgan fingerprint density at radius 1 is 0.274 bits per heavy atom. The van der Waals surface area contributed by atoms with Crippen LogP contribution in [0.3, 0.4) is 0 Å². The molecule has 2 aliphatic carbocycles. The van der Waals surface area contributed by atoms with Gasteiger partial charge in [-0.3, -0.25) is 0 Å². The van der Waals surface area contributed by atoms with Crippen molar-refractivity contribution in [2.45, 2.75) is 5.41 Å². The zero-order valence-electron chi connectivity index (χ0n) is 33.5. The number of benzene rings is 9. The Morgan fingerprint density at radius 3 is 1.50 bits per heavy atom. The van der Waals surface area contributed by atoms with Gasteiger partial charge >= 0.3 is 0 Å². The minimum atomic E-state index is -0.433. The molecule has 2 aromatic heterocycles. The van der Waals surface area contributed by atoms with Crippen LogP contribution >= 0.6 is 11.3 Å². The van der Waals surface area contributed by atoms with E-state index in [0.29, 0.717) is 17.5 Å². The molecule has 1 spiro atoms. The standard InChI is InChI=1S/C58H35N3S/c1-2-15-36(16-3-1)55-59-56(40-18-14-17-37(33-40)38-29-32-47-46-23-9-13-28-53(46)62-54(47)35-38)61-57(60-55)48-24-5-4-19-41(48)39-30-31-45-44-22-8-12-27-51(44)58(52(45)34-39)49-25-10-6-20-42(49)43-21-7-11-26-50(43)58/h1-35H. The van der Waals surface area contributed by atoms with Gasteiger partial charge in [-0.25, -0.2) is 15.0 Å². The summed E-state index contributed by atoms with van der Waals surface area (Å²) in [5.41, 5.74) is 17.3. The summed E-state index contributed by atoms with van der Waals surface area (Å²) in [6.07, 6.45) is 0. The van der Waals surface area contributed by atoms with E-state index in [2.05, 4.69) is 194 Å². The van der Waals surface area contributed by atoms with Crippen LogP contribution in [0.4, 0.5) is 0 Å². The molecule has 11 aromatic rings. The first kappa shape index (κ1) is 35.0. The normalized spacial score (nSPS) is 13.0. The maximum Gasteiger partial charge on any atom is 0.164 e. The van der Waals surface area contributed by atoms with Crippen LogP contribution in [-0.4, -0.2) is 15.0 Å². The number of fused-ring (bicyclic) bond motifs is 13. The second-order valence-corrected chi connectivity index (χ2v) is 17.3. The van der Waals surface area contributed by atoms with Crippen molar-refractivity contribution in [1.82, 2.24) is 15.0 Å². The summed E-state index contributed by atoms with van der Waals surface area (Å²) in [6.45, 7) is 0. The molecule has 0 radical (unpaired) electrons. The second kappa shape index (κ2) is 13.6. The molecule has 2 aliphatic rings. The number of hydrogen-bond acceptors (Lipinski definition) is 4. The van der Waals surface area contributed by atoms with Crippen LogP contribution in [0, 0.1) is 0 Å². The highest BCUT2D eigenvalue weighted by molar-refractivity contribution is 7.25. The van der Waals surface area contributed by atoms with Crippen molar-refractivity contribution in [2.75, 3.05) is 0 Å². The van der Waals surface area contributed by atoms with E-state index in [1.807, 2.05) is 29.5 Å². The number of nitrogens with zero attached hydrogens (tertiary/aromatic N) is 3. The topological polar surface area (TPSA) is 38.7 Å². The Balaban J connectivity index is 0.974. The van der Waals surface area contributed by atoms with E-state index in [0.717, 1.165) is 38.9 Å². The first-order chi connectivity index (χ1) is 30.7. The van der Waals surface area contributed by atoms with Crippen LogP contribution in [0.1, 0.15) is 22.3 Å². The van der Waals surface area contributed by atoms with Crippen molar-refractivity contribution in [3.05, 3.63) is 235 Å². The predicted octanol–water partition coefficient (Wildman–Crippen LogP) is 14.9. The molecular formula is C58H35N3S. The maximum absolute atomic E-state index is 5.31. The summed E-state index contributed by atoms with van der Waals surface area (Å²) in [4.78, 5) is 15.7. The average molecular weight is 806 g/mol. The fourth-order valence-electron chi connectivity index (χ4n) is 10.3. The molecule has 62 heavy (non-hydrogen) atoms. The van der Waals surface area contributed by atoms with Gasteiger partial charge in [-0.15, -0.1) is 11.3 Å². The van der Waals surface area contributed by atoms with E-state index >= 15 is 0 Å². The van der Waals surface area contributed by atoms with Gasteiger partial charge in [-0.1, -0.05) is 188 Å². The number of hydrogen-bond donors (Lipinski definition) is 0. The van der Waals surface area contributed by atoms with Gasteiger partial charge in [0, 0.05) is 36.9 Å². The summed E-state index contributed by atoms with van der Waals surface area (Å²) in [5, 5.41) is 2.60. The van der Waals surface area contributed by atoms with E-state index < -0.39 is 5.41 Å². The third-order valence-corrected chi connectivity index (χ3v) is 14.1.